The molecular weight excluding hydrogens is 477 g/mol. The molecule has 0 atom stereocenters. The summed E-state index contributed by atoms with van der Waals surface area (Å²) in [6.45, 7) is 5.26. The molecule has 0 aliphatic heterocycles. The number of hydrogen-bond donors (Lipinski definition) is 0. The molecule has 0 spiro atoms. The lowest BCUT2D eigenvalue weighted by atomic mass is 9.82. The Hall–Kier alpha value is -2.05. The van der Waals surface area contributed by atoms with Crippen molar-refractivity contribution in [1.29, 1.82) is 0 Å². The van der Waals surface area contributed by atoms with E-state index in [0.29, 0.717) is 12.2 Å². The molecule has 2 aliphatic rings. The predicted molar refractivity (Wildman–Crippen MR) is 140 cm³/mol. The minimum atomic E-state index is -0.780. The van der Waals surface area contributed by atoms with Gasteiger partial charge in [0.15, 0.2) is 23.2 Å². The van der Waals surface area contributed by atoms with Crippen LogP contribution in [0.15, 0.2) is 30.3 Å². The van der Waals surface area contributed by atoms with Gasteiger partial charge in [-0.1, -0.05) is 31.5 Å². The molecule has 2 saturated carbocycles. The van der Waals surface area contributed by atoms with Gasteiger partial charge in [-0.05, 0) is 99.8 Å². The van der Waals surface area contributed by atoms with Gasteiger partial charge >= 0.3 is 0 Å². The second-order valence-corrected chi connectivity index (χ2v) is 10.5. The van der Waals surface area contributed by atoms with Crippen LogP contribution in [0.25, 0.3) is 0 Å². The predicted octanol–water partition coefficient (Wildman–Crippen LogP) is 8.59. The highest BCUT2D eigenvalue weighted by molar-refractivity contribution is 5.32. The van der Waals surface area contributed by atoms with E-state index in [9.17, 15) is 8.78 Å². The van der Waals surface area contributed by atoms with Gasteiger partial charge in [-0.2, -0.15) is 0 Å². The lowest BCUT2D eigenvalue weighted by Crippen LogP contribution is -2.22. The van der Waals surface area contributed by atoms with Crippen LogP contribution < -0.4 is 4.74 Å². The number of halogens is 3. The Balaban J connectivity index is 1.25. The third kappa shape index (κ3) is 7.29. The Morgan fingerprint density at radius 2 is 1.43 bits per heavy atom. The van der Waals surface area contributed by atoms with Crippen LogP contribution in [0.4, 0.5) is 13.2 Å². The van der Waals surface area contributed by atoms with E-state index in [-0.39, 0.29) is 47.8 Å². The molecular formula is C31H41F3O3. The van der Waals surface area contributed by atoms with E-state index in [2.05, 4.69) is 6.92 Å². The van der Waals surface area contributed by atoms with E-state index in [1.807, 2.05) is 13.0 Å². The molecule has 0 N–H and O–H groups in total. The molecule has 0 unspecified atom stereocenters. The van der Waals surface area contributed by atoms with Crippen molar-refractivity contribution in [3.8, 4) is 5.75 Å². The van der Waals surface area contributed by atoms with Crippen molar-refractivity contribution in [1.82, 2.24) is 0 Å². The zero-order valence-corrected chi connectivity index (χ0v) is 22.2. The molecule has 37 heavy (non-hydrogen) atoms. The average Bonchev–Trinajstić information content (AvgIpc) is 2.92. The summed E-state index contributed by atoms with van der Waals surface area (Å²) in [7, 11) is 0. The fourth-order valence-electron chi connectivity index (χ4n) is 5.78. The molecule has 6 heteroatoms. The van der Waals surface area contributed by atoms with Crippen LogP contribution in [0, 0.1) is 17.5 Å². The van der Waals surface area contributed by atoms with Gasteiger partial charge in [-0.25, -0.2) is 13.2 Å². The Morgan fingerprint density at radius 3 is 2.08 bits per heavy atom. The summed E-state index contributed by atoms with van der Waals surface area (Å²) in [5, 5.41) is 0. The third-order valence-electron chi connectivity index (χ3n) is 8.03. The lowest BCUT2D eigenvalue weighted by Gasteiger charge is -2.30. The van der Waals surface area contributed by atoms with E-state index < -0.39 is 11.6 Å². The minimum Gasteiger partial charge on any atom is -0.491 e. The molecule has 204 valence electrons. The topological polar surface area (TPSA) is 27.7 Å². The fraction of sp³-hybridized carbons (Fsp3) is 0.613. The summed E-state index contributed by atoms with van der Waals surface area (Å²) >= 11 is 0. The Morgan fingerprint density at radius 1 is 0.757 bits per heavy atom. The van der Waals surface area contributed by atoms with Crippen LogP contribution in [0.2, 0.25) is 0 Å². The van der Waals surface area contributed by atoms with Crippen LogP contribution >= 0.6 is 0 Å². The van der Waals surface area contributed by atoms with Gasteiger partial charge < -0.3 is 14.2 Å². The van der Waals surface area contributed by atoms with Crippen molar-refractivity contribution in [2.45, 2.75) is 109 Å². The Labute approximate surface area is 219 Å². The molecule has 2 fully saturated rings. The number of benzene rings is 2. The van der Waals surface area contributed by atoms with Crippen LogP contribution in [0.5, 0.6) is 5.75 Å². The van der Waals surface area contributed by atoms with Gasteiger partial charge in [-0.3, -0.25) is 0 Å². The maximum Gasteiger partial charge on any atom is 0.165 e. The summed E-state index contributed by atoms with van der Waals surface area (Å²) in [5.41, 5.74) is 1.73. The molecule has 2 aliphatic carbocycles. The smallest absolute Gasteiger partial charge is 0.165 e. The van der Waals surface area contributed by atoms with Crippen molar-refractivity contribution in [3.05, 3.63) is 64.5 Å². The molecule has 4 rings (SSSR count). The standard InChI is InChI=1S/C31H41F3O3/c1-3-5-18-36-25-14-8-22(9-15-25)27-16-10-24(30(33)31(27)34)20-37-26-12-6-21(7-13-26)23-11-17-29(35-4-2)28(32)19-23/h10-11,16-17,19,21-22,25-26H,3-9,12-15,18,20H2,1-2H3. The summed E-state index contributed by atoms with van der Waals surface area (Å²) in [6.07, 6.45) is 9.22. The van der Waals surface area contributed by atoms with Gasteiger partial charge in [0, 0.05) is 12.2 Å². The number of rotatable bonds is 11. The van der Waals surface area contributed by atoms with Crippen LogP contribution in [-0.2, 0) is 16.1 Å². The molecule has 2 aromatic carbocycles. The normalized spacial score (nSPS) is 24.2. The van der Waals surface area contributed by atoms with Crippen molar-refractivity contribution in [3.63, 3.8) is 0 Å². The van der Waals surface area contributed by atoms with Gasteiger partial charge in [0.1, 0.15) is 0 Å². The number of unbranched alkanes of at least 4 members (excludes halogenated alkanes) is 1. The van der Waals surface area contributed by atoms with E-state index in [4.69, 9.17) is 14.2 Å². The number of hydrogen-bond acceptors (Lipinski definition) is 3. The number of ether oxygens (including phenoxy) is 3. The van der Waals surface area contributed by atoms with Crippen molar-refractivity contribution in [2.24, 2.45) is 0 Å². The highest BCUT2D eigenvalue weighted by Gasteiger charge is 2.28. The first-order chi connectivity index (χ1) is 18.0. The molecule has 0 radical (unpaired) electrons. The van der Waals surface area contributed by atoms with E-state index in [1.54, 1.807) is 24.3 Å². The summed E-state index contributed by atoms with van der Waals surface area (Å²) < 4.78 is 61.4. The highest BCUT2D eigenvalue weighted by atomic mass is 19.2. The van der Waals surface area contributed by atoms with E-state index >= 15 is 4.39 Å². The Kier molecular flexibility index (Phi) is 10.3. The first-order valence-electron chi connectivity index (χ1n) is 14.1. The highest BCUT2D eigenvalue weighted by Crippen LogP contribution is 2.38. The Bertz CT molecular complexity index is 995. The molecule has 0 amide bonds. The van der Waals surface area contributed by atoms with Crippen LogP contribution in [0.1, 0.15) is 107 Å². The summed E-state index contributed by atoms with van der Waals surface area (Å²) in [4.78, 5) is 0. The lowest BCUT2D eigenvalue weighted by molar-refractivity contribution is 0.0118. The third-order valence-corrected chi connectivity index (χ3v) is 8.03. The van der Waals surface area contributed by atoms with Gasteiger partial charge in [-0.15, -0.1) is 0 Å². The second kappa shape index (κ2) is 13.7. The SMILES string of the molecule is CCCCOC1CCC(c2ccc(COC3CCC(c4ccc(OCC)c(F)c4)CC3)c(F)c2F)CC1. The van der Waals surface area contributed by atoms with E-state index in [1.165, 1.54) is 0 Å². The maximum absolute atomic E-state index is 15.0. The molecule has 3 nitrogen and oxygen atoms in total. The molecule has 0 bridgehead atoms. The van der Waals surface area contributed by atoms with Gasteiger partial charge in [0.25, 0.3) is 0 Å². The summed E-state index contributed by atoms with van der Waals surface area (Å²) in [5.74, 6) is -1.24. The van der Waals surface area contributed by atoms with Gasteiger partial charge in [0.05, 0.1) is 25.4 Å². The molecule has 2 aromatic rings. The van der Waals surface area contributed by atoms with E-state index in [0.717, 1.165) is 76.4 Å². The fourth-order valence-corrected chi connectivity index (χ4v) is 5.78. The summed E-state index contributed by atoms with van der Waals surface area (Å²) in [6, 6.07) is 8.64. The first kappa shape index (κ1) is 28.0. The zero-order chi connectivity index (χ0) is 26.2. The van der Waals surface area contributed by atoms with Crippen LogP contribution in [-0.4, -0.2) is 25.4 Å². The zero-order valence-electron chi connectivity index (χ0n) is 22.2. The quantitative estimate of drug-likeness (QED) is 0.279. The molecule has 0 aromatic heterocycles. The van der Waals surface area contributed by atoms with Crippen molar-refractivity contribution in [2.75, 3.05) is 13.2 Å². The maximum atomic E-state index is 15.0. The molecule has 0 saturated heterocycles. The van der Waals surface area contributed by atoms with Crippen LogP contribution in [0.3, 0.4) is 0 Å². The van der Waals surface area contributed by atoms with Gasteiger partial charge in [0.2, 0.25) is 0 Å². The first-order valence-corrected chi connectivity index (χ1v) is 14.1. The largest absolute Gasteiger partial charge is 0.491 e. The van der Waals surface area contributed by atoms with Crippen molar-refractivity contribution < 1.29 is 27.4 Å². The molecule has 0 heterocycles. The average molecular weight is 519 g/mol. The monoisotopic (exact) mass is 518 g/mol. The second-order valence-electron chi connectivity index (χ2n) is 10.5. The minimum absolute atomic E-state index is 0.00563. The van der Waals surface area contributed by atoms with Crippen molar-refractivity contribution >= 4 is 0 Å².